The number of sulfone groups is 1. The van der Waals surface area contributed by atoms with Gasteiger partial charge in [0.25, 0.3) is 0 Å². The Morgan fingerprint density at radius 2 is 1.61 bits per heavy atom. The van der Waals surface area contributed by atoms with E-state index >= 15 is 0 Å². The van der Waals surface area contributed by atoms with Crippen LogP contribution in [-0.2, 0) is 19.4 Å². The lowest BCUT2D eigenvalue weighted by atomic mass is 9.33. The lowest BCUT2D eigenvalue weighted by Gasteiger charge is -2.72. The largest absolute Gasteiger partial charge is 0.481 e. The lowest BCUT2D eigenvalue weighted by molar-refractivity contribution is -0.221. The Balaban J connectivity index is 1.14. The number of rotatable bonds is 8. The van der Waals surface area contributed by atoms with Gasteiger partial charge in [-0.05, 0) is 134 Å². The van der Waals surface area contributed by atoms with Crippen LogP contribution < -0.4 is 5.32 Å². The van der Waals surface area contributed by atoms with Gasteiger partial charge in [0.15, 0.2) is 9.84 Å². The molecule has 0 amide bonds. The van der Waals surface area contributed by atoms with Crippen molar-refractivity contribution in [3.05, 3.63) is 35.5 Å². The fourth-order valence-corrected chi connectivity index (χ4v) is 15.8. The number of hydrogen-bond acceptors (Lipinski definition) is 6. The number of aliphatic carboxylic acids is 2. The first-order chi connectivity index (χ1) is 23.8. The predicted molar refractivity (Wildman–Crippen MR) is 201 cm³/mol. The molecule has 0 bridgehead atoms. The molecule has 0 radical (unpaired) electrons. The first-order valence-corrected chi connectivity index (χ1v) is 21.8. The number of fused-ring (bicyclic) bond motifs is 7. The maximum Gasteiger partial charge on any atom is 0.311 e. The molecule has 0 aromatic carbocycles. The summed E-state index contributed by atoms with van der Waals surface area (Å²) in [4.78, 5) is 26.4. The average molecular weight is 725 g/mol. The highest BCUT2D eigenvalue weighted by Gasteiger charge is 2.70. The normalized spacial score (nSPS) is 45.7. The van der Waals surface area contributed by atoms with Crippen LogP contribution in [0.1, 0.15) is 106 Å². The third-order valence-corrected chi connectivity index (χ3v) is 18.8. The fraction of sp³-hybridized carbons (Fsp3) is 0.810. The highest BCUT2D eigenvalue weighted by atomic mass is 32.2. The number of allylic oxidation sites excluding steroid dienone is 4. The summed E-state index contributed by atoms with van der Waals surface area (Å²) in [5.41, 5.74) is 3.94. The van der Waals surface area contributed by atoms with E-state index in [1.165, 1.54) is 56.1 Å². The molecule has 3 N–H and O–H groups in total. The van der Waals surface area contributed by atoms with Gasteiger partial charge in [0.2, 0.25) is 0 Å². The van der Waals surface area contributed by atoms with E-state index in [-0.39, 0.29) is 38.7 Å². The van der Waals surface area contributed by atoms with Crippen molar-refractivity contribution in [2.75, 3.05) is 37.7 Å². The van der Waals surface area contributed by atoms with Crippen LogP contribution in [-0.4, -0.2) is 78.7 Å². The lowest BCUT2D eigenvalue weighted by Crippen LogP contribution is -2.68. The van der Waals surface area contributed by atoms with Gasteiger partial charge in [-0.2, -0.15) is 0 Å². The Morgan fingerprint density at radius 3 is 2.24 bits per heavy atom. The van der Waals surface area contributed by atoms with Crippen molar-refractivity contribution in [2.45, 2.75) is 111 Å². The van der Waals surface area contributed by atoms with E-state index < -0.39 is 33.6 Å². The second-order valence-corrected chi connectivity index (χ2v) is 21.8. The molecule has 1 aliphatic heterocycles. The molecule has 0 spiro atoms. The SMILES string of the molecule is C=C(C)[C@@H]1CCC2(NCCN3CCS(=O)(=O)CC3)CC[C@]3(C)[C@H](CC[C@@H]4[C@@]5(C)CC=C(C6=CC(C(=O)O)C(C(=O)O)C6)C(C)(C)[C@@H]5CC[C@]43C)[C@@H]12. The van der Waals surface area contributed by atoms with Crippen molar-refractivity contribution < 1.29 is 28.2 Å². The maximum atomic E-state index is 12.1. The van der Waals surface area contributed by atoms with Gasteiger partial charge in [-0.15, -0.1) is 0 Å². The molecule has 0 aromatic rings. The summed E-state index contributed by atoms with van der Waals surface area (Å²) in [6.45, 7) is 22.5. The second-order valence-electron chi connectivity index (χ2n) is 19.5. The van der Waals surface area contributed by atoms with Crippen LogP contribution in [0, 0.1) is 63.1 Å². The smallest absolute Gasteiger partial charge is 0.311 e. The first kappa shape index (κ1) is 37.3. The summed E-state index contributed by atoms with van der Waals surface area (Å²) in [5.74, 6) is -0.641. The van der Waals surface area contributed by atoms with E-state index in [0.29, 0.717) is 49.1 Å². The molecule has 11 atom stereocenters. The molecular weight excluding hydrogens is 661 g/mol. The maximum absolute atomic E-state index is 12.1. The summed E-state index contributed by atoms with van der Waals surface area (Å²) in [7, 11) is -2.88. The van der Waals surface area contributed by atoms with Crippen molar-refractivity contribution in [3.8, 4) is 0 Å². The summed E-state index contributed by atoms with van der Waals surface area (Å²) < 4.78 is 24.1. The molecule has 1 heterocycles. The number of nitrogens with zero attached hydrogens (tertiary/aromatic N) is 1. The predicted octanol–water partition coefficient (Wildman–Crippen LogP) is 6.98. The van der Waals surface area contributed by atoms with Crippen LogP contribution >= 0.6 is 0 Å². The molecule has 5 fully saturated rings. The quantitative estimate of drug-likeness (QED) is 0.229. The van der Waals surface area contributed by atoms with Gasteiger partial charge in [-0.3, -0.25) is 9.59 Å². The number of carboxylic acids is 2. The molecular formula is C42H64N2O6S. The molecule has 7 rings (SSSR count). The minimum Gasteiger partial charge on any atom is -0.481 e. The minimum atomic E-state index is -2.88. The van der Waals surface area contributed by atoms with Crippen molar-refractivity contribution in [3.63, 3.8) is 0 Å². The molecule has 6 aliphatic carbocycles. The molecule has 4 saturated carbocycles. The number of carbonyl (C=O) groups is 2. The highest BCUT2D eigenvalue weighted by molar-refractivity contribution is 7.91. The first-order valence-electron chi connectivity index (χ1n) is 20.0. The fourth-order valence-electron chi connectivity index (χ4n) is 14.5. The molecule has 8 nitrogen and oxygen atoms in total. The van der Waals surface area contributed by atoms with Gasteiger partial charge in [0, 0.05) is 31.7 Å². The Kier molecular flexibility index (Phi) is 9.19. The zero-order chi connectivity index (χ0) is 36.9. The van der Waals surface area contributed by atoms with Gasteiger partial charge in [-0.1, -0.05) is 58.9 Å². The van der Waals surface area contributed by atoms with Crippen molar-refractivity contribution in [1.29, 1.82) is 0 Å². The van der Waals surface area contributed by atoms with Crippen LogP contribution in [0.4, 0.5) is 0 Å². The zero-order valence-corrected chi connectivity index (χ0v) is 32.9. The molecule has 51 heavy (non-hydrogen) atoms. The Morgan fingerprint density at radius 1 is 0.902 bits per heavy atom. The van der Waals surface area contributed by atoms with Gasteiger partial charge >= 0.3 is 11.9 Å². The Bertz CT molecular complexity index is 1630. The molecule has 284 valence electrons. The van der Waals surface area contributed by atoms with E-state index in [2.05, 4.69) is 64.4 Å². The minimum absolute atomic E-state index is 0.112. The highest BCUT2D eigenvalue weighted by Crippen LogP contribution is 2.76. The Hall–Kier alpha value is -1.97. The number of hydrogen-bond donors (Lipinski definition) is 3. The summed E-state index contributed by atoms with van der Waals surface area (Å²) >= 11 is 0. The van der Waals surface area contributed by atoms with Crippen molar-refractivity contribution in [1.82, 2.24) is 10.2 Å². The average Bonchev–Trinajstić information content (AvgIpc) is 3.66. The van der Waals surface area contributed by atoms with E-state index in [0.717, 1.165) is 31.5 Å². The van der Waals surface area contributed by atoms with Crippen LogP contribution in [0.25, 0.3) is 0 Å². The number of carboxylic acid groups (broad SMARTS) is 2. The zero-order valence-electron chi connectivity index (χ0n) is 32.1. The summed E-state index contributed by atoms with van der Waals surface area (Å²) in [5, 5.41) is 23.9. The van der Waals surface area contributed by atoms with Crippen LogP contribution in [0.15, 0.2) is 35.5 Å². The van der Waals surface area contributed by atoms with Gasteiger partial charge in [-0.25, -0.2) is 8.42 Å². The van der Waals surface area contributed by atoms with E-state index in [1.807, 2.05) is 0 Å². The molecule has 0 aromatic heterocycles. The van der Waals surface area contributed by atoms with Gasteiger partial charge in [0.05, 0.1) is 23.3 Å². The summed E-state index contributed by atoms with van der Waals surface area (Å²) in [6.07, 6.45) is 15.0. The third-order valence-electron chi connectivity index (χ3n) is 17.2. The van der Waals surface area contributed by atoms with Crippen LogP contribution in [0.5, 0.6) is 0 Å². The monoisotopic (exact) mass is 724 g/mol. The van der Waals surface area contributed by atoms with Crippen molar-refractivity contribution >= 4 is 21.8 Å². The molecule has 3 unspecified atom stereocenters. The molecule has 1 saturated heterocycles. The van der Waals surface area contributed by atoms with E-state index in [4.69, 9.17) is 0 Å². The van der Waals surface area contributed by atoms with Gasteiger partial charge < -0.3 is 20.4 Å². The van der Waals surface area contributed by atoms with E-state index in [1.54, 1.807) is 6.08 Å². The summed E-state index contributed by atoms with van der Waals surface area (Å²) in [6, 6.07) is 0. The van der Waals surface area contributed by atoms with Crippen LogP contribution in [0.2, 0.25) is 0 Å². The van der Waals surface area contributed by atoms with Gasteiger partial charge in [0.1, 0.15) is 0 Å². The number of nitrogens with one attached hydrogen (secondary N) is 1. The standard InChI is InChI=1S/C42H64N2O6S/c1-26(2)28-10-15-42(43-18-19-44-20-22-51(49,50)23-21-44)17-16-40(6)32(35(28)42)8-9-34-39(5)13-11-31(38(3,4)33(39)12-14-41(34,40)7)27-24-29(36(45)46)30(25-27)37(47)48/h11,24,28-30,32-35,43H,1,8-10,12-23,25H2,2-7H3,(H,45,46)(H,47,48)/t28-,29?,30?,32+,33-,34+,35+,39-,40+,41+,42?/m0/s1. The van der Waals surface area contributed by atoms with Crippen molar-refractivity contribution in [2.24, 2.45) is 63.1 Å². The Labute approximate surface area is 306 Å². The molecule has 9 heteroatoms. The molecule has 7 aliphatic rings. The van der Waals surface area contributed by atoms with E-state index in [9.17, 15) is 28.2 Å². The third kappa shape index (κ3) is 5.66. The van der Waals surface area contributed by atoms with Crippen LogP contribution in [0.3, 0.4) is 0 Å². The second kappa shape index (κ2) is 12.5. The topological polar surface area (TPSA) is 124 Å².